The molecule has 1 aliphatic rings. The number of carbonyl (C=O) groups excluding carboxylic acids is 1. The van der Waals surface area contributed by atoms with Crippen LogP contribution in [0, 0.1) is 0 Å². The van der Waals surface area contributed by atoms with E-state index >= 15 is 0 Å². The lowest BCUT2D eigenvalue weighted by Gasteiger charge is -2.26. The molecular weight excluding hydrogens is 346 g/mol. The Balaban J connectivity index is 2.37. The van der Waals surface area contributed by atoms with Crippen LogP contribution in [0.4, 0.5) is 0 Å². The summed E-state index contributed by atoms with van der Waals surface area (Å²) in [5.41, 5.74) is 5.20. The Kier molecular flexibility index (Phi) is 4.77. The van der Waals surface area contributed by atoms with E-state index in [-0.39, 0.29) is 17.5 Å². The summed E-state index contributed by atoms with van der Waals surface area (Å²) in [5.74, 6) is -0.650. The fourth-order valence-corrected chi connectivity index (χ4v) is 4.58. The Morgan fingerprint density at radius 1 is 1.40 bits per heavy atom. The Morgan fingerprint density at radius 3 is 2.60 bits per heavy atom. The molecule has 0 atom stereocenters. The number of primary amides is 1. The zero-order valence-corrected chi connectivity index (χ0v) is 13.2. The molecule has 110 valence electrons. The van der Waals surface area contributed by atoms with Gasteiger partial charge in [-0.05, 0) is 34.8 Å². The van der Waals surface area contributed by atoms with Gasteiger partial charge in [-0.1, -0.05) is 12.8 Å². The summed E-state index contributed by atoms with van der Waals surface area (Å²) in [6, 6.07) is 1.32. The molecule has 0 radical (unpaired) electrons. The van der Waals surface area contributed by atoms with Gasteiger partial charge in [0.25, 0.3) is 0 Å². The van der Waals surface area contributed by atoms with Crippen LogP contribution in [0.2, 0.25) is 0 Å². The molecule has 6 nitrogen and oxygen atoms in total. The summed E-state index contributed by atoms with van der Waals surface area (Å²) in [7, 11) is -3.76. The number of pyridine rings is 1. The van der Waals surface area contributed by atoms with Crippen LogP contribution in [-0.4, -0.2) is 36.2 Å². The van der Waals surface area contributed by atoms with Crippen molar-refractivity contribution in [2.24, 2.45) is 5.73 Å². The molecule has 1 fully saturated rings. The van der Waals surface area contributed by atoms with Gasteiger partial charge in [-0.2, -0.15) is 4.31 Å². The minimum Gasteiger partial charge on any atom is -0.369 e. The van der Waals surface area contributed by atoms with Gasteiger partial charge in [0.15, 0.2) is 0 Å². The van der Waals surface area contributed by atoms with Gasteiger partial charge < -0.3 is 5.73 Å². The monoisotopic (exact) mass is 361 g/mol. The van der Waals surface area contributed by atoms with Crippen LogP contribution in [0.15, 0.2) is 27.8 Å². The van der Waals surface area contributed by atoms with Gasteiger partial charge in [0, 0.05) is 22.9 Å². The van der Waals surface area contributed by atoms with Crippen molar-refractivity contribution in [2.75, 3.05) is 6.54 Å². The van der Waals surface area contributed by atoms with Crippen LogP contribution in [-0.2, 0) is 14.8 Å². The molecule has 8 heteroatoms. The number of rotatable bonds is 5. The topological polar surface area (TPSA) is 93.4 Å². The summed E-state index contributed by atoms with van der Waals surface area (Å²) in [5, 5.41) is 0. The molecule has 0 aliphatic heterocycles. The maximum Gasteiger partial charge on any atom is 0.245 e. The molecule has 2 N–H and O–H groups in total. The number of sulfonamides is 1. The molecule has 1 heterocycles. The molecule has 1 aromatic heterocycles. The molecule has 1 saturated carbocycles. The summed E-state index contributed by atoms with van der Waals surface area (Å²) >= 11 is 3.20. The first-order chi connectivity index (χ1) is 9.41. The second-order valence-corrected chi connectivity index (χ2v) is 7.60. The summed E-state index contributed by atoms with van der Waals surface area (Å²) < 4.78 is 27.1. The van der Waals surface area contributed by atoms with Crippen molar-refractivity contribution in [3.05, 3.63) is 22.9 Å². The minimum atomic E-state index is -3.76. The number of halogens is 1. The van der Waals surface area contributed by atoms with E-state index in [0.29, 0.717) is 4.47 Å². The van der Waals surface area contributed by atoms with Crippen LogP contribution >= 0.6 is 15.9 Å². The number of aromatic nitrogens is 1. The molecule has 0 aromatic carbocycles. The highest BCUT2D eigenvalue weighted by atomic mass is 79.9. The summed E-state index contributed by atoms with van der Waals surface area (Å²) in [6.07, 6.45) is 6.23. The van der Waals surface area contributed by atoms with E-state index in [1.165, 1.54) is 22.8 Å². The van der Waals surface area contributed by atoms with Crippen molar-refractivity contribution in [1.29, 1.82) is 0 Å². The SMILES string of the molecule is NC(=O)CN(C1CCCC1)S(=O)(=O)c1cncc(Br)c1. The number of nitrogens with two attached hydrogens (primary N) is 1. The van der Waals surface area contributed by atoms with Crippen molar-refractivity contribution in [1.82, 2.24) is 9.29 Å². The van der Waals surface area contributed by atoms with Crippen molar-refractivity contribution in [3.63, 3.8) is 0 Å². The molecule has 1 aromatic rings. The molecule has 1 amide bonds. The predicted octanol–water partition coefficient (Wildman–Crippen LogP) is 1.26. The number of hydrogen-bond donors (Lipinski definition) is 1. The van der Waals surface area contributed by atoms with Crippen molar-refractivity contribution in [3.8, 4) is 0 Å². The third-order valence-electron chi connectivity index (χ3n) is 3.33. The molecular formula is C12H16BrN3O3S. The molecule has 2 rings (SSSR count). The molecule has 0 spiro atoms. The van der Waals surface area contributed by atoms with Crippen molar-refractivity contribution >= 4 is 31.9 Å². The predicted molar refractivity (Wildman–Crippen MR) is 77.3 cm³/mol. The Hall–Kier alpha value is -0.990. The molecule has 20 heavy (non-hydrogen) atoms. The number of carbonyl (C=O) groups is 1. The number of hydrogen-bond acceptors (Lipinski definition) is 4. The summed E-state index contributed by atoms with van der Waals surface area (Å²) in [6.45, 7) is -0.292. The van der Waals surface area contributed by atoms with Crippen LogP contribution < -0.4 is 5.73 Å². The van der Waals surface area contributed by atoms with Crippen LogP contribution in [0.1, 0.15) is 25.7 Å². The van der Waals surface area contributed by atoms with E-state index in [1.807, 2.05) is 0 Å². The second-order valence-electron chi connectivity index (χ2n) is 4.79. The van der Waals surface area contributed by atoms with Gasteiger partial charge in [-0.3, -0.25) is 9.78 Å². The highest BCUT2D eigenvalue weighted by Gasteiger charge is 2.34. The average molecular weight is 362 g/mol. The smallest absolute Gasteiger partial charge is 0.245 e. The Bertz CT molecular complexity index is 600. The van der Waals surface area contributed by atoms with E-state index < -0.39 is 15.9 Å². The zero-order chi connectivity index (χ0) is 14.8. The third kappa shape index (κ3) is 3.36. The first-order valence-corrected chi connectivity index (χ1v) is 8.55. The van der Waals surface area contributed by atoms with Crippen LogP contribution in [0.3, 0.4) is 0 Å². The van der Waals surface area contributed by atoms with Gasteiger partial charge in [-0.15, -0.1) is 0 Å². The van der Waals surface area contributed by atoms with Gasteiger partial charge in [0.1, 0.15) is 4.90 Å². The minimum absolute atomic E-state index is 0.0695. The van der Waals surface area contributed by atoms with Gasteiger partial charge >= 0.3 is 0 Å². The maximum absolute atomic E-state index is 12.7. The molecule has 0 unspecified atom stereocenters. The lowest BCUT2D eigenvalue weighted by atomic mass is 10.2. The number of amides is 1. The standard InChI is InChI=1S/C12H16BrN3O3S/c13-9-5-11(7-15-6-9)20(18,19)16(8-12(14)17)10-3-1-2-4-10/h5-7,10H,1-4,8H2,(H2,14,17). The first-order valence-electron chi connectivity index (χ1n) is 6.32. The average Bonchev–Trinajstić information content (AvgIpc) is 2.89. The van der Waals surface area contributed by atoms with Crippen molar-refractivity contribution < 1.29 is 13.2 Å². The van der Waals surface area contributed by atoms with Gasteiger partial charge in [0.05, 0.1) is 6.54 Å². The Labute approximate surface area is 126 Å². The second kappa shape index (κ2) is 6.19. The molecule has 1 aliphatic carbocycles. The van der Waals surface area contributed by atoms with Crippen molar-refractivity contribution in [2.45, 2.75) is 36.6 Å². The largest absolute Gasteiger partial charge is 0.369 e. The quantitative estimate of drug-likeness (QED) is 0.854. The van der Waals surface area contributed by atoms with E-state index in [9.17, 15) is 13.2 Å². The Morgan fingerprint density at radius 2 is 2.05 bits per heavy atom. The van der Waals surface area contributed by atoms with E-state index in [2.05, 4.69) is 20.9 Å². The zero-order valence-electron chi connectivity index (χ0n) is 10.8. The fraction of sp³-hybridized carbons (Fsp3) is 0.500. The third-order valence-corrected chi connectivity index (χ3v) is 5.63. The first kappa shape index (κ1) is 15.4. The lowest BCUT2D eigenvalue weighted by molar-refractivity contribution is -0.118. The lowest BCUT2D eigenvalue weighted by Crippen LogP contribution is -2.44. The number of nitrogens with zero attached hydrogens (tertiary/aromatic N) is 2. The highest BCUT2D eigenvalue weighted by molar-refractivity contribution is 9.10. The van der Waals surface area contributed by atoms with Gasteiger partial charge in [-0.25, -0.2) is 8.42 Å². The highest BCUT2D eigenvalue weighted by Crippen LogP contribution is 2.28. The maximum atomic E-state index is 12.7. The van der Waals surface area contributed by atoms with E-state index in [1.54, 1.807) is 0 Å². The molecule has 0 bridgehead atoms. The van der Waals surface area contributed by atoms with E-state index in [0.717, 1.165) is 25.7 Å². The van der Waals surface area contributed by atoms with Gasteiger partial charge in [0.2, 0.25) is 15.9 Å². The van der Waals surface area contributed by atoms with Crippen LogP contribution in [0.5, 0.6) is 0 Å². The van der Waals surface area contributed by atoms with E-state index in [4.69, 9.17) is 5.73 Å². The fourth-order valence-electron chi connectivity index (χ4n) is 2.43. The van der Waals surface area contributed by atoms with Crippen LogP contribution in [0.25, 0.3) is 0 Å². The molecule has 0 saturated heterocycles. The normalized spacial score (nSPS) is 16.7. The summed E-state index contributed by atoms with van der Waals surface area (Å²) in [4.78, 5) is 15.1.